The minimum Gasteiger partial charge on any atom is -1.00 e. The zero-order chi connectivity index (χ0) is 27.3. The summed E-state index contributed by atoms with van der Waals surface area (Å²) in [7, 11) is 0. The van der Waals surface area contributed by atoms with Gasteiger partial charge in [0.15, 0.2) is 0 Å². The molecule has 0 radical (unpaired) electrons. The zero-order valence-corrected chi connectivity index (χ0v) is 28.9. The van der Waals surface area contributed by atoms with Crippen LogP contribution in [-0.4, -0.2) is 3.21 Å². The van der Waals surface area contributed by atoms with E-state index in [4.69, 9.17) is 0 Å². The van der Waals surface area contributed by atoms with E-state index in [0.717, 1.165) is 0 Å². The largest absolute Gasteiger partial charge is 1.00 e. The van der Waals surface area contributed by atoms with E-state index in [-0.39, 0.29) is 24.8 Å². The van der Waals surface area contributed by atoms with Gasteiger partial charge in [0.05, 0.1) is 0 Å². The molecule has 0 aromatic heterocycles. The van der Waals surface area contributed by atoms with E-state index in [9.17, 15) is 0 Å². The van der Waals surface area contributed by atoms with Crippen LogP contribution in [0.1, 0.15) is 68.9 Å². The van der Waals surface area contributed by atoms with Gasteiger partial charge in [-0.1, -0.05) is 79.8 Å². The standard InChI is InChI=1S/C17H17.C11H17.C8H8.2ClH.Zr/c1-10-5-14-9-15-6-11(2)13(4)8-17(15)16(14)7-12(10)3;1-5-9-6-7-10(8-9)11(2,3)4;1-2-8-6-4-3-5-7-8;;;/h5-9H,1-4H3;7-9H,5H2,1-4H3;3-7H,1H3;2*1H;/q2*-1;;;;+2/p-2. The third kappa shape index (κ3) is 9.45. The average molecular weight is 637 g/mol. The molecule has 1 aliphatic rings. The number of benzene rings is 3. The maximum atomic E-state index is 3.35. The molecule has 4 aromatic carbocycles. The molecule has 4 aromatic rings. The third-order valence-electron chi connectivity index (χ3n) is 7.28. The molecule has 1 atom stereocenters. The summed E-state index contributed by atoms with van der Waals surface area (Å²) in [6.45, 7) is 19.8. The van der Waals surface area contributed by atoms with Gasteiger partial charge in [-0.25, -0.2) is 6.08 Å². The maximum Gasteiger partial charge on any atom is -0.0408 e. The van der Waals surface area contributed by atoms with Crippen molar-refractivity contribution >= 4 is 24.8 Å². The van der Waals surface area contributed by atoms with Gasteiger partial charge in [-0.05, 0) is 27.7 Å². The van der Waals surface area contributed by atoms with Crippen molar-refractivity contribution in [3.63, 3.8) is 0 Å². The second-order valence-corrected chi connectivity index (χ2v) is 13.2. The van der Waals surface area contributed by atoms with E-state index >= 15 is 0 Å². The van der Waals surface area contributed by atoms with Crippen LogP contribution in [0, 0.1) is 45.1 Å². The quantitative estimate of drug-likeness (QED) is 0.291. The summed E-state index contributed by atoms with van der Waals surface area (Å²) in [4.78, 5) is 0. The molecule has 1 aliphatic carbocycles. The molecule has 1 unspecified atom stereocenters. The van der Waals surface area contributed by atoms with Crippen molar-refractivity contribution in [3.05, 3.63) is 112 Å². The number of allylic oxidation sites excluding steroid dienone is 4. The molecule has 0 bridgehead atoms. The fraction of sp³-hybridized carbons (Fsp3) is 0.333. The molecule has 3 heteroatoms. The molecule has 0 fully saturated rings. The normalized spacial score (nSPS) is 13.9. The number of halogens is 2. The van der Waals surface area contributed by atoms with Crippen LogP contribution in [0.5, 0.6) is 0 Å². The summed E-state index contributed by atoms with van der Waals surface area (Å²) < 4.78 is 1.46. The van der Waals surface area contributed by atoms with E-state index in [1.54, 1.807) is 0 Å². The first-order chi connectivity index (χ1) is 17.4. The number of rotatable bonds is 2. The first-order valence-electron chi connectivity index (χ1n) is 13.4. The number of hydrogen-bond donors (Lipinski definition) is 0. The number of hydrogen-bond acceptors (Lipinski definition) is 0. The van der Waals surface area contributed by atoms with Gasteiger partial charge >= 0.3 is 70.3 Å². The van der Waals surface area contributed by atoms with Crippen LogP contribution in [0.3, 0.4) is 0 Å². The molecule has 39 heavy (non-hydrogen) atoms. The molecule has 0 N–H and O–H groups in total. The predicted molar refractivity (Wildman–Crippen MR) is 161 cm³/mol. The van der Waals surface area contributed by atoms with Crippen LogP contribution in [0.25, 0.3) is 21.5 Å². The Labute approximate surface area is 264 Å². The summed E-state index contributed by atoms with van der Waals surface area (Å²) in [6.07, 6.45) is 9.00. The minimum atomic E-state index is 0. The van der Waals surface area contributed by atoms with Crippen molar-refractivity contribution in [1.29, 1.82) is 0 Å². The Morgan fingerprint density at radius 2 is 1.28 bits per heavy atom. The Bertz CT molecular complexity index is 1380. The summed E-state index contributed by atoms with van der Waals surface area (Å²) in [6, 6.07) is 22.0. The SMILES string of the molecule is CCC1[C-]=CC(C(C)(C)C)=C1.C[C](=[Zr+2])c1ccccc1.Cc1cc2[cH-]c3cc(C)c(C)cc3c2cc1C.[Cl-].[Cl-]. The number of aryl methyl sites for hydroxylation is 4. The molecule has 206 valence electrons. The van der Waals surface area contributed by atoms with Crippen LogP contribution >= 0.6 is 0 Å². The van der Waals surface area contributed by atoms with Gasteiger partial charge in [-0.15, -0.1) is 39.7 Å². The fourth-order valence-electron chi connectivity index (χ4n) is 4.45. The van der Waals surface area contributed by atoms with E-state index in [0.29, 0.717) is 11.3 Å². The van der Waals surface area contributed by atoms with Crippen LogP contribution < -0.4 is 24.8 Å². The van der Waals surface area contributed by atoms with E-state index in [1.807, 2.05) is 6.07 Å². The van der Waals surface area contributed by atoms with Gasteiger partial charge < -0.3 is 24.8 Å². The van der Waals surface area contributed by atoms with Gasteiger partial charge in [0.25, 0.3) is 0 Å². The Hall–Kier alpha value is -1.66. The maximum absolute atomic E-state index is 3.35. The van der Waals surface area contributed by atoms with Crippen molar-refractivity contribution < 1.29 is 49.0 Å². The Morgan fingerprint density at radius 1 is 0.821 bits per heavy atom. The summed E-state index contributed by atoms with van der Waals surface area (Å²) in [5.41, 5.74) is 8.62. The molecule has 0 nitrogen and oxygen atoms in total. The van der Waals surface area contributed by atoms with Crippen molar-refractivity contribution in [1.82, 2.24) is 0 Å². The fourth-order valence-corrected chi connectivity index (χ4v) is 4.86. The number of fused-ring (bicyclic) bond motifs is 3. The van der Waals surface area contributed by atoms with E-state index in [1.165, 1.54) is 88.8 Å². The molecule has 0 amide bonds. The van der Waals surface area contributed by atoms with Crippen molar-refractivity contribution in [2.45, 2.75) is 68.7 Å². The third-order valence-corrected chi connectivity index (χ3v) is 7.99. The van der Waals surface area contributed by atoms with Gasteiger partial charge in [0.1, 0.15) is 0 Å². The summed E-state index contributed by atoms with van der Waals surface area (Å²) in [5.74, 6) is 0.573. The molecular formula is C36H42Cl2Zr-2. The smallest absolute Gasteiger partial charge is 0.0408 e. The zero-order valence-electron chi connectivity index (χ0n) is 25.0. The Balaban J connectivity index is 0.000000304. The van der Waals surface area contributed by atoms with Crippen LogP contribution in [0.4, 0.5) is 0 Å². The van der Waals surface area contributed by atoms with Crippen LogP contribution in [0.2, 0.25) is 0 Å². The molecule has 0 aliphatic heterocycles. The van der Waals surface area contributed by atoms with Crippen LogP contribution in [-0.2, 0) is 24.2 Å². The summed E-state index contributed by atoms with van der Waals surface area (Å²) in [5, 5.41) is 5.53. The molecule has 0 spiro atoms. The monoisotopic (exact) mass is 634 g/mol. The summed E-state index contributed by atoms with van der Waals surface area (Å²) >= 11 is 1.51. The molecule has 0 heterocycles. The van der Waals surface area contributed by atoms with Gasteiger partial charge in [0, 0.05) is 0 Å². The van der Waals surface area contributed by atoms with Crippen molar-refractivity contribution in [2.24, 2.45) is 11.3 Å². The molecular weight excluding hydrogens is 595 g/mol. The molecule has 0 saturated heterocycles. The second-order valence-electron chi connectivity index (χ2n) is 11.4. The van der Waals surface area contributed by atoms with E-state index < -0.39 is 0 Å². The first-order valence-corrected chi connectivity index (χ1v) is 14.6. The van der Waals surface area contributed by atoms with E-state index in [2.05, 4.69) is 135 Å². The Kier molecular flexibility index (Phi) is 13.9. The van der Waals surface area contributed by atoms with Crippen molar-refractivity contribution in [2.75, 3.05) is 0 Å². The predicted octanol–water partition coefficient (Wildman–Crippen LogP) is 4.09. The van der Waals surface area contributed by atoms with Gasteiger partial charge in [0.2, 0.25) is 0 Å². The topological polar surface area (TPSA) is 0 Å². The molecule has 5 rings (SSSR count). The average Bonchev–Trinajstić information content (AvgIpc) is 3.46. The van der Waals surface area contributed by atoms with Crippen molar-refractivity contribution in [3.8, 4) is 0 Å². The van der Waals surface area contributed by atoms with Gasteiger partial charge in [-0.3, -0.25) is 6.08 Å². The minimum absolute atomic E-state index is 0. The van der Waals surface area contributed by atoms with Gasteiger partial charge in [-0.2, -0.15) is 11.6 Å². The van der Waals surface area contributed by atoms with Crippen LogP contribution in [0.15, 0.2) is 78.4 Å². The molecule has 0 saturated carbocycles. The Morgan fingerprint density at radius 3 is 1.62 bits per heavy atom. The second kappa shape index (κ2) is 15.4. The first kappa shape index (κ1) is 35.4.